The van der Waals surface area contributed by atoms with Crippen LogP contribution < -0.4 is 0 Å². The van der Waals surface area contributed by atoms with E-state index in [9.17, 15) is 0 Å². The molecule has 9 heteroatoms. The summed E-state index contributed by atoms with van der Waals surface area (Å²) < 4.78 is 44.3. The van der Waals surface area contributed by atoms with Gasteiger partial charge in [0.25, 0.3) is 0 Å². The van der Waals surface area contributed by atoms with Crippen LogP contribution in [0.3, 0.4) is 0 Å². The van der Waals surface area contributed by atoms with Crippen LogP contribution in [0.4, 0.5) is 0 Å². The van der Waals surface area contributed by atoms with E-state index in [2.05, 4.69) is 67.1 Å². The lowest BCUT2D eigenvalue weighted by Gasteiger charge is -2.17. The smallest absolute Gasteiger partial charge is 0.0598 e. The lowest BCUT2D eigenvalue weighted by Crippen LogP contribution is -2.18. The third-order valence-electron chi connectivity index (χ3n) is 5.72. The molecule has 0 rings (SSSR count). The second kappa shape index (κ2) is 76.4. The molecule has 0 radical (unpaired) electrons. The van der Waals surface area contributed by atoms with E-state index in [0.29, 0.717) is 24.4 Å². The molecule has 0 fully saturated rings. The number of hydrogen-bond acceptors (Lipinski definition) is 9. The molecular formula is C44H106O9. The van der Waals surface area contributed by atoms with Gasteiger partial charge in [-0.05, 0) is 136 Å². The number of ether oxygens (including phenoxy) is 9. The Bertz CT molecular complexity index is 458. The Labute approximate surface area is 337 Å². The highest BCUT2D eigenvalue weighted by atomic mass is 16.5. The van der Waals surface area contributed by atoms with E-state index in [4.69, 9.17) is 37.9 Å². The van der Waals surface area contributed by atoms with Crippen LogP contribution in [0.5, 0.6) is 0 Å². The minimum Gasteiger partial charge on any atom is -0.385 e. The summed E-state index contributed by atoms with van der Waals surface area (Å²) in [7, 11) is 6.86. The van der Waals surface area contributed by atoms with E-state index in [1.54, 1.807) is 28.4 Å². The molecule has 0 amide bonds. The van der Waals surface area contributed by atoms with Gasteiger partial charge in [0.15, 0.2) is 0 Å². The van der Waals surface area contributed by atoms with Gasteiger partial charge in [-0.3, -0.25) is 0 Å². The van der Waals surface area contributed by atoms with Crippen molar-refractivity contribution in [2.24, 2.45) is 0 Å². The summed E-state index contributed by atoms with van der Waals surface area (Å²) >= 11 is 0. The van der Waals surface area contributed by atoms with Gasteiger partial charge < -0.3 is 42.6 Å². The fourth-order valence-corrected chi connectivity index (χ4v) is 2.34. The largest absolute Gasteiger partial charge is 0.385 e. The Kier molecular flexibility index (Phi) is 106. The fraction of sp³-hybridized carbons (Fsp3) is 1.00. The predicted octanol–water partition coefficient (Wildman–Crippen LogP) is 12.5. The molecule has 0 aliphatic heterocycles. The van der Waals surface area contributed by atoms with Crippen LogP contribution in [0.2, 0.25) is 0 Å². The Morgan fingerprint density at radius 1 is 0.434 bits per heavy atom. The van der Waals surface area contributed by atoms with Gasteiger partial charge in [0.2, 0.25) is 0 Å². The van der Waals surface area contributed by atoms with Crippen molar-refractivity contribution < 1.29 is 42.6 Å². The molecule has 2 atom stereocenters. The zero-order valence-electron chi connectivity index (χ0n) is 41.1. The molecule has 0 spiro atoms. The quantitative estimate of drug-likeness (QED) is 0.119. The zero-order chi connectivity index (χ0) is 43.8. The highest BCUT2D eigenvalue weighted by Crippen LogP contribution is 2.04. The molecule has 0 saturated carbocycles. The highest BCUT2D eigenvalue weighted by Gasteiger charge is 2.06. The monoisotopic (exact) mass is 779 g/mol. The molecule has 0 N–H and O–H groups in total. The number of rotatable bonds is 19. The predicted molar refractivity (Wildman–Crippen MR) is 236 cm³/mol. The van der Waals surface area contributed by atoms with Crippen molar-refractivity contribution in [3.05, 3.63) is 0 Å². The Balaban J connectivity index is -0.0000000590. The second-order valence-corrected chi connectivity index (χ2v) is 12.7. The van der Waals surface area contributed by atoms with Crippen LogP contribution in [0.15, 0.2) is 0 Å². The van der Waals surface area contributed by atoms with Gasteiger partial charge in [0, 0.05) is 87.9 Å². The van der Waals surface area contributed by atoms with Crippen LogP contribution in [0.1, 0.15) is 177 Å². The van der Waals surface area contributed by atoms with Crippen LogP contribution >= 0.6 is 0 Å². The molecule has 0 aromatic rings. The van der Waals surface area contributed by atoms with Crippen molar-refractivity contribution in [3.8, 4) is 0 Å². The topological polar surface area (TPSA) is 83.1 Å². The molecule has 0 bridgehead atoms. The van der Waals surface area contributed by atoms with Crippen LogP contribution in [0, 0.1) is 0 Å². The zero-order valence-corrected chi connectivity index (χ0v) is 41.1. The van der Waals surface area contributed by atoms with Crippen molar-refractivity contribution >= 4 is 0 Å². The molecule has 53 heavy (non-hydrogen) atoms. The number of methoxy groups -OCH3 is 4. The third kappa shape index (κ3) is 167. The molecule has 2 unspecified atom stereocenters. The second-order valence-electron chi connectivity index (χ2n) is 12.7. The Morgan fingerprint density at radius 2 is 0.849 bits per heavy atom. The first-order valence-electron chi connectivity index (χ1n) is 20.9. The lowest BCUT2D eigenvalue weighted by molar-refractivity contribution is 0.00531. The highest BCUT2D eigenvalue weighted by molar-refractivity contribution is 4.56. The van der Waals surface area contributed by atoms with Crippen molar-refractivity contribution in [1.82, 2.24) is 0 Å². The van der Waals surface area contributed by atoms with E-state index >= 15 is 0 Å². The summed E-state index contributed by atoms with van der Waals surface area (Å²) in [6.07, 6.45) is 8.74. The van der Waals surface area contributed by atoms with Gasteiger partial charge in [-0.15, -0.1) is 0 Å². The lowest BCUT2D eigenvalue weighted by atomic mass is 10.2. The maximum atomic E-state index is 5.23. The fourth-order valence-electron chi connectivity index (χ4n) is 2.34. The number of unbranched alkanes of at least 4 members (excludes halogenated alkanes) is 1. The summed E-state index contributed by atoms with van der Waals surface area (Å²) in [6, 6.07) is 0. The minimum absolute atomic E-state index is 0.0503. The first-order chi connectivity index (χ1) is 24.9. The van der Waals surface area contributed by atoms with E-state index in [1.807, 2.05) is 76.2 Å². The van der Waals surface area contributed by atoms with Crippen molar-refractivity contribution in [2.45, 2.75) is 207 Å². The summed E-state index contributed by atoms with van der Waals surface area (Å²) in [4.78, 5) is 0. The Morgan fingerprint density at radius 3 is 0.943 bits per heavy atom. The number of hydrogen-bond donors (Lipinski definition) is 0. The average Bonchev–Trinajstić information content (AvgIpc) is 3.12. The normalized spacial score (nSPS) is 10.8. The maximum Gasteiger partial charge on any atom is 0.0598 e. The van der Waals surface area contributed by atoms with Crippen LogP contribution in [-0.4, -0.2) is 118 Å². The van der Waals surface area contributed by atoms with Gasteiger partial charge in [-0.25, -0.2) is 0 Å². The minimum atomic E-state index is 0.0503. The molecular weight excluding hydrogens is 672 g/mol. The van der Waals surface area contributed by atoms with Gasteiger partial charge in [-0.1, -0.05) is 40.5 Å². The third-order valence-corrected chi connectivity index (χ3v) is 5.72. The molecule has 0 heterocycles. The molecule has 0 aromatic carbocycles. The molecule has 336 valence electrons. The van der Waals surface area contributed by atoms with Crippen molar-refractivity contribution in [1.29, 1.82) is 0 Å². The first-order valence-corrected chi connectivity index (χ1v) is 20.9. The van der Waals surface area contributed by atoms with E-state index < -0.39 is 0 Å². The van der Waals surface area contributed by atoms with Crippen molar-refractivity contribution in [3.63, 3.8) is 0 Å². The SMILES string of the molecule is CCC(C)OC.CCCC(C)OC.CCCCOCC.CCCOCC.CCOC.CCOC(C)(C)C.CCOC(C)C.CCOCC.COC(C)C. The molecule has 0 aliphatic carbocycles. The summed E-state index contributed by atoms with van der Waals surface area (Å²) in [5.74, 6) is 0. The summed E-state index contributed by atoms with van der Waals surface area (Å²) in [5, 5.41) is 0. The Hall–Kier alpha value is -0.360. The summed E-state index contributed by atoms with van der Waals surface area (Å²) in [6.45, 7) is 48.6. The maximum absolute atomic E-state index is 5.23. The van der Waals surface area contributed by atoms with Gasteiger partial charge in [-0.2, -0.15) is 0 Å². The standard InChI is InChI=1S/3C6H14O.3C5H12O.2C4H10O.C3H8O/c1-5-7-6(2,3)4;1-4-5-6(2)7-3;1-3-5-6-7-4-2;1-4-5(2)6-3;1-4-6-5(2)3;1-3-5-6-4-2;1-4(2)5-3;1-3-5-4-2;1-3-4-2/h5H2,1-4H3;6H,4-5H2,1-3H3;3-6H2,1-2H3;2*5H,4H2,1-3H3;3-5H2,1-2H3;4H,1-3H3;3-4H2,1-2H3;3H2,1-2H3. The average molecular weight is 779 g/mol. The molecule has 0 saturated heterocycles. The van der Waals surface area contributed by atoms with Crippen LogP contribution in [0.25, 0.3) is 0 Å². The van der Waals surface area contributed by atoms with E-state index in [0.717, 1.165) is 72.3 Å². The van der Waals surface area contributed by atoms with Gasteiger partial charge in [0.1, 0.15) is 0 Å². The molecule has 0 aliphatic rings. The summed E-state index contributed by atoms with van der Waals surface area (Å²) in [5.41, 5.74) is 0.0503. The van der Waals surface area contributed by atoms with E-state index in [-0.39, 0.29) is 5.60 Å². The van der Waals surface area contributed by atoms with E-state index in [1.165, 1.54) is 25.7 Å². The first kappa shape index (κ1) is 73.7. The van der Waals surface area contributed by atoms with Gasteiger partial charge in [0.05, 0.1) is 30.0 Å². The van der Waals surface area contributed by atoms with Crippen molar-refractivity contribution in [2.75, 3.05) is 87.9 Å². The molecule has 9 nitrogen and oxygen atoms in total. The molecule has 0 aromatic heterocycles. The van der Waals surface area contributed by atoms with Crippen LogP contribution in [-0.2, 0) is 42.6 Å². The van der Waals surface area contributed by atoms with Gasteiger partial charge >= 0.3 is 0 Å².